The Morgan fingerprint density at radius 3 is 2.19 bits per heavy atom. The first-order chi connectivity index (χ1) is 12.4. The smallest absolute Gasteiger partial charge is 0.253 e. The zero-order valence-electron chi connectivity index (χ0n) is 16.1. The van der Waals surface area contributed by atoms with E-state index in [1.807, 2.05) is 19.1 Å². The molecule has 0 heterocycles. The predicted molar refractivity (Wildman–Crippen MR) is 111 cm³/mol. The first-order valence-electron chi connectivity index (χ1n) is 8.55. The molecule has 0 aromatic heterocycles. The number of hydrogen-bond donors (Lipinski definition) is 2. The number of hydrogen-bond acceptors (Lipinski definition) is 3. The van der Waals surface area contributed by atoms with Crippen molar-refractivity contribution in [1.29, 1.82) is 0 Å². The summed E-state index contributed by atoms with van der Waals surface area (Å²) < 4.78 is 25.1. The van der Waals surface area contributed by atoms with Crippen molar-refractivity contribution in [3.8, 4) is 0 Å². The average Bonchev–Trinajstić information content (AvgIpc) is 2.54. The summed E-state index contributed by atoms with van der Waals surface area (Å²) in [6.45, 7) is 8.32. The lowest BCUT2D eigenvalue weighted by atomic mass is 9.86. The third-order valence-electron chi connectivity index (χ3n) is 4.14. The van der Waals surface area contributed by atoms with E-state index in [9.17, 15) is 13.2 Å². The van der Waals surface area contributed by atoms with E-state index in [0.717, 1.165) is 11.8 Å². The van der Waals surface area contributed by atoms with Crippen LogP contribution < -0.4 is 10.0 Å². The van der Waals surface area contributed by atoms with Crippen molar-refractivity contribution >= 4 is 33.2 Å². The number of halogens is 1. The molecule has 27 heavy (non-hydrogen) atoms. The van der Waals surface area contributed by atoms with Crippen LogP contribution in [0.1, 0.15) is 55.2 Å². The van der Waals surface area contributed by atoms with Crippen LogP contribution >= 0.6 is 11.6 Å². The van der Waals surface area contributed by atoms with Gasteiger partial charge in [0.1, 0.15) is 0 Å². The maximum absolute atomic E-state index is 12.6. The molecule has 2 aromatic rings. The summed E-state index contributed by atoms with van der Waals surface area (Å²) >= 11 is 6.12. The lowest BCUT2D eigenvalue weighted by Gasteiger charge is -2.21. The van der Waals surface area contributed by atoms with Gasteiger partial charge in [0, 0.05) is 5.69 Å². The number of benzene rings is 2. The van der Waals surface area contributed by atoms with E-state index in [1.54, 1.807) is 0 Å². The summed E-state index contributed by atoms with van der Waals surface area (Å²) in [5.74, 6) is -0.371. The second kappa shape index (κ2) is 7.90. The molecule has 0 spiro atoms. The Hall–Kier alpha value is -2.05. The monoisotopic (exact) mass is 408 g/mol. The summed E-state index contributed by atoms with van der Waals surface area (Å²) in [5.41, 5.74) is 2.74. The molecule has 2 N–H and O–H groups in total. The molecular weight excluding hydrogens is 384 g/mol. The summed E-state index contributed by atoms with van der Waals surface area (Å²) in [4.78, 5) is 12.6. The molecule has 5 nitrogen and oxygen atoms in total. The van der Waals surface area contributed by atoms with Crippen molar-refractivity contribution < 1.29 is 13.2 Å². The largest absolute Gasteiger partial charge is 0.345 e. The van der Waals surface area contributed by atoms with Crippen LogP contribution in [0.5, 0.6) is 0 Å². The maximum Gasteiger partial charge on any atom is 0.253 e. The zero-order valence-corrected chi connectivity index (χ0v) is 17.7. The van der Waals surface area contributed by atoms with Crippen LogP contribution in [0.2, 0.25) is 5.02 Å². The Labute approximate surface area is 166 Å². The highest BCUT2D eigenvalue weighted by atomic mass is 35.5. The molecule has 0 aliphatic heterocycles. The van der Waals surface area contributed by atoms with Gasteiger partial charge >= 0.3 is 0 Å². The van der Waals surface area contributed by atoms with Gasteiger partial charge < -0.3 is 5.32 Å². The summed E-state index contributed by atoms with van der Waals surface area (Å²) in [7, 11) is -3.44. The number of carbonyl (C=O) groups excluding carboxylic acids is 1. The maximum atomic E-state index is 12.6. The topological polar surface area (TPSA) is 75.3 Å². The van der Waals surface area contributed by atoms with Gasteiger partial charge in [0.2, 0.25) is 10.0 Å². The van der Waals surface area contributed by atoms with Gasteiger partial charge in [-0.2, -0.15) is 0 Å². The van der Waals surface area contributed by atoms with Crippen LogP contribution in [0.25, 0.3) is 0 Å². The third kappa shape index (κ3) is 5.97. The van der Waals surface area contributed by atoms with Crippen molar-refractivity contribution in [2.45, 2.75) is 39.2 Å². The molecule has 2 aromatic carbocycles. The molecule has 0 saturated carbocycles. The third-order valence-corrected chi connectivity index (χ3v) is 5.07. The number of anilines is 1. The molecule has 2 rings (SSSR count). The van der Waals surface area contributed by atoms with Crippen molar-refractivity contribution in [3.05, 3.63) is 64.2 Å². The highest BCUT2D eigenvalue weighted by Gasteiger charge is 2.17. The van der Waals surface area contributed by atoms with Gasteiger partial charge in [0.05, 0.1) is 22.9 Å². The van der Waals surface area contributed by atoms with Gasteiger partial charge in [-0.15, -0.1) is 0 Å². The van der Waals surface area contributed by atoms with Gasteiger partial charge in [-0.3, -0.25) is 9.52 Å². The fourth-order valence-corrected chi connectivity index (χ4v) is 3.36. The number of rotatable bonds is 5. The zero-order chi connectivity index (χ0) is 20.4. The first kappa shape index (κ1) is 21.3. The van der Waals surface area contributed by atoms with E-state index in [1.165, 1.54) is 23.8 Å². The minimum Gasteiger partial charge on any atom is -0.345 e. The first-order valence-corrected chi connectivity index (χ1v) is 10.8. The van der Waals surface area contributed by atoms with Crippen LogP contribution in [0.4, 0.5) is 5.69 Å². The van der Waals surface area contributed by atoms with Gasteiger partial charge in [-0.25, -0.2) is 8.42 Å². The highest BCUT2D eigenvalue weighted by molar-refractivity contribution is 7.92. The Bertz CT molecular complexity index is 933. The molecule has 1 atom stereocenters. The Morgan fingerprint density at radius 1 is 1.07 bits per heavy atom. The van der Waals surface area contributed by atoms with E-state index in [0.29, 0.717) is 0 Å². The van der Waals surface area contributed by atoms with Crippen LogP contribution in [-0.4, -0.2) is 20.6 Å². The number of sulfonamides is 1. The second-order valence-electron chi connectivity index (χ2n) is 7.64. The van der Waals surface area contributed by atoms with E-state index in [2.05, 4.69) is 42.9 Å². The number of carbonyl (C=O) groups is 1. The normalized spacial score (nSPS) is 13.1. The molecular formula is C20H25ClN2O3S. The standard InChI is InChI=1S/C20H25ClN2O3S/c1-13(14-6-8-15(9-7-14)20(2,3)4)22-19(24)17-12-16(10-11-18(17)21)23-27(5,25)26/h6-13,23H,1-5H3,(H,22,24)/t13-/m0/s1. The highest BCUT2D eigenvalue weighted by Crippen LogP contribution is 2.25. The Morgan fingerprint density at radius 2 is 1.67 bits per heavy atom. The van der Waals surface area contributed by atoms with Gasteiger partial charge in [0.25, 0.3) is 5.91 Å². The van der Waals surface area contributed by atoms with Gasteiger partial charge in [-0.1, -0.05) is 56.6 Å². The molecule has 0 saturated heterocycles. The van der Waals surface area contributed by atoms with Crippen molar-refractivity contribution in [2.24, 2.45) is 0 Å². The van der Waals surface area contributed by atoms with Gasteiger partial charge in [0.15, 0.2) is 0 Å². The Kier molecular flexibility index (Phi) is 6.22. The lowest BCUT2D eigenvalue weighted by Crippen LogP contribution is -2.27. The van der Waals surface area contributed by atoms with Crippen LogP contribution in [-0.2, 0) is 15.4 Å². The minimum atomic E-state index is -3.44. The molecule has 0 aliphatic carbocycles. The molecule has 7 heteroatoms. The molecule has 0 bridgehead atoms. The summed E-state index contributed by atoms with van der Waals surface area (Å²) in [5, 5.41) is 3.15. The average molecular weight is 409 g/mol. The molecule has 0 fully saturated rings. The Balaban J connectivity index is 2.17. The van der Waals surface area contributed by atoms with Gasteiger partial charge in [-0.05, 0) is 41.7 Å². The summed E-state index contributed by atoms with van der Waals surface area (Å²) in [6, 6.07) is 12.3. The second-order valence-corrected chi connectivity index (χ2v) is 9.79. The lowest BCUT2D eigenvalue weighted by molar-refractivity contribution is 0.0940. The quantitative estimate of drug-likeness (QED) is 0.764. The van der Waals surface area contributed by atoms with E-state index >= 15 is 0 Å². The van der Waals surface area contributed by atoms with E-state index in [4.69, 9.17) is 11.6 Å². The minimum absolute atomic E-state index is 0.0611. The molecule has 0 radical (unpaired) electrons. The van der Waals surface area contributed by atoms with E-state index < -0.39 is 10.0 Å². The molecule has 0 unspecified atom stereocenters. The number of amides is 1. The fraction of sp³-hybridized carbons (Fsp3) is 0.350. The SMILES string of the molecule is C[C@H](NC(=O)c1cc(NS(C)(=O)=O)ccc1Cl)c1ccc(C(C)(C)C)cc1. The summed E-state index contributed by atoms with van der Waals surface area (Å²) in [6.07, 6.45) is 1.05. The van der Waals surface area contributed by atoms with Crippen molar-refractivity contribution in [3.63, 3.8) is 0 Å². The van der Waals surface area contributed by atoms with Crippen molar-refractivity contribution in [2.75, 3.05) is 11.0 Å². The fourth-order valence-electron chi connectivity index (χ4n) is 2.61. The van der Waals surface area contributed by atoms with Crippen molar-refractivity contribution in [1.82, 2.24) is 5.32 Å². The molecule has 146 valence electrons. The van der Waals surface area contributed by atoms with E-state index in [-0.39, 0.29) is 33.6 Å². The molecule has 1 amide bonds. The van der Waals surface area contributed by atoms with Crippen LogP contribution in [0.15, 0.2) is 42.5 Å². The number of nitrogens with one attached hydrogen (secondary N) is 2. The van der Waals surface area contributed by atoms with Crippen LogP contribution in [0, 0.1) is 0 Å². The molecule has 0 aliphatic rings. The van der Waals surface area contributed by atoms with Crippen LogP contribution in [0.3, 0.4) is 0 Å². The predicted octanol–water partition coefficient (Wildman–Crippen LogP) is 4.50.